The predicted octanol–water partition coefficient (Wildman–Crippen LogP) is 5.62. The molecule has 4 aromatic rings. The molecule has 0 aliphatic carbocycles. The molecular formula is C30H33NP2. The molecular weight excluding hydrogens is 436 g/mol. The SMILES string of the molecule is c1ccc(P(CCCNCCCP(c2ccccc2)c2ccccc2)c2ccccc2)cc1. The minimum Gasteiger partial charge on any atom is -0.317 e. The molecule has 0 radical (unpaired) electrons. The maximum absolute atomic E-state index is 3.72. The van der Waals surface area contributed by atoms with Gasteiger partial charge in [0.05, 0.1) is 0 Å². The fraction of sp³-hybridized carbons (Fsp3) is 0.200. The molecule has 0 amide bonds. The summed E-state index contributed by atoms with van der Waals surface area (Å²) in [6, 6.07) is 44.2. The number of nitrogens with one attached hydrogen (secondary N) is 1. The Kier molecular flexibility index (Phi) is 9.69. The van der Waals surface area contributed by atoms with Crippen LogP contribution in [0, 0.1) is 0 Å². The summed E-state index contributed by atoms with van der Waals surface area (Å²) in [4.78, 5) is 0. The Bertz CT molecular complexity index is 874. The minimum absolute atomic E-state index is 0.283. The highest BCUT2D eigenvalue weighted by atomic mass is 31.1. The molecule has 0 atom stereocenters. The van der Waals surface area contributed by atoms with Gasteiger partial charge in [0, 0.05) is 0 Å². The van der Waals surface area contributed by atoms with E-state index in [4.69, 9.17) is 0 Å². The molecule has 1 N–H and O–H groups in total. The van der Waals surface area contributed by atoms with Crippen LogP contribution in [0.5, 0.6) is 0 Å². The zero-order chi connectivity index (χ0) is 22.6. The lowest BCUT2D eigenvalue weighted by Gasteiger charge is -2.20. The van der Waals surface area contributed by atoms with Gasteiger partial charge < -0.3 is 5.32 Å². The molecule has 4 aromatic carbocycles. The fourth-order valence-corrected chi connectivity index (χ4v) is 8.80. The summed E-state index contributed by atoms with van der Waals surface area (Å²) in [5.74, 6) is 0. The largest absolute Gasteiger partial charge is 0.317 e. The van der Waals surface area contributed by atoms with Gasteiger partial charge in [-0.3, -0.25) is 0 Å². The highest BCUT2D eigenvalue weighted by molar-refractivity contribution is 7.73. The van der Waals surface area contributed by atoms with Crippen molar-refractivity contribution in [1.82, 2.24) is 5.32 Å². The molecule has 33 heavy (non-hydrogen) atoms. The van der Waals surface area contributed by atoms with E-state index in [1.807, 2.05) is 0 Å². The van der Waals surface area contributed by atoms with Crippen LogP contribution in [-0.2, 0) is 0 Å². The van der Waals surface area contributed by atoms with Gasteiger partial charge >= 0.3 is 0 Å². The first kappa shape index (κ1) is 23.8. The van der Waals surface area contributed by atoms with E-state index in [-0.39, 0.29) is 15.8 Å². The van der Waals surface area contributed by atoms with E-state index in [9.17, 15) is 0 Å². The minimum atomic E-state index is -0.283. The number of rotatable bonds is 12. The van der Waals surface area contributed by atoms with Crippen LogP contribution in [-0.4, -0.2) is 25.4 Å². The molecule has 0 aromatic heterocycles. The van der Waals surface area contributed by atoms with Gasteiger partial charge in [0.1, 0.15) is 0 Å². The summed E-state index contributed by atoms with van der Waals surface area (Å²) < 4.78 is 0. The molecule has 0 bridgehead atoms. The lowest BCUT2D eigenvalue weighted by atomic mass is 10.4. The zero-order valence-corrected chi connectivity index (χ0v) is 21.0. The van der Waals surface area contributed by atoms with Crippen LogP contribution in [0.2, 0.25) is 0 Å². The van der Waals surface area contributed by atoms with Crippen molar-refractivity contribution in [3.05, 3.63) is 121 Å². The first-order chi connectivity index (χ1) is 16.4. The van der Waals surface area contributed by atoms with Crippen LogP contribution in [0.3, 0.4) is 0 Å². The van der Waals surface area contributed by atoms with Crippen LogP contribution >= 0.6 is 15.8 Å². The average Bonchev–Trinajstić information content (AvgIpc) is 2.90. The van der Waals surface area contributed by atoms with E-state index in [0.29, 0.717) is 0 Å². The summed E-state index contributed by atoms with van der Waals surface area (Å²) in [5, 5.41) is 9.65. The summed E-state index contributed by atoms with van der Waals surface area (Å²) in [5.41, 5.74) is 0. The summed E-state index contributed by atoms with van der Waals surface area (Å²) in [6.45, 7) is 2.18. The van der Waals surface area contributed by atoms with Gasteiger partial charge in [-0.25, -0.2) is 0 Å². The Morgan fingerprint density at radius 1 is 0.394 bits per heavy atom. The number of hydrogen-bond acceptors (Lipinski definition) is 1. The van der Waals surface area contributed by atoms with Crippen LogP contribution in [0.1, 0.15) is 12.8 Å². The fourth-order valence-electron chi connectivity index (χ4n) is 4.10. The van der Waals surface area contributed by atoms with E-state index in [2.05, 4.69) is 127 Å². The molecule has 0 fully saturated rings. The van der Waals surface area contributed by atoms with Crippen molar-refractivity contribution >= 4 is 37.1 Å². The Morgan fingerprint density at radius 3 is 0.939 bits per heavy atom. The monoisotopic (exact) mass is 469 g/mol. The quantitative estimate of drug-likeness (QED) is 0.210. The Labute approximate surface area is 201 Å². The molecule has 168 valence electrons. The smallest absolute Gasteiger partial charge is 0.00453 e. The van der Waals surface area contributed by atoms with Crippen LogP contribution < -0.4 is 26.5 Å². The maximum Gasteiger partial charge on any atom is -0.00453 e. The van der Waals surface area contributed by atoms with Gasteiger partial charge in [-0.2, -0.15) is 0 Å². The van der Waals surface area contributed by atoms with Gasteiger partial charge in [0.15, 0.2) is 0 Å². The van der Waals surface area contributed by atoms with Crippen molar-refractivity contribution < 1.29 is 0 Å². The van der Waals surface area contributed by atoms with E-state index in [1.165, 1.54) is 46.4 Å². The van der Waals surface area contributed by atoms with Crippen molar-refractivity contribution in [2.24, 2.45) is 0 Å². The molecule has 3 heteroatoms. The average molecular weight is 470 g/mol. The van der Waals surface area contributed by atoms with Gasteiger partial charge in [-0.1, -0.05) is 121 Å². The highest BCUT2D eigenvalue weighted by Crippen LogP contribution is 2.35. The zero-order valence-electron chi connectivity index (χ0n) is 19.2. The Morgan fingerprint density at radius 2 is 0.667 bits per heavy atom. The van der Waals surface area contributed by atoms with Gasteiger partial charge in [-0.05, 0) is 75.3 Å². The standard InChI is InChI=1S/C30H33NP2/c1-5-15-27(16-6-1)32(28-17-7-2-8-18-28)25-13-23-31-24-14-26-33(29-19-9-3-10-20-29)30-21-11-4-12-22-30/h1-12,15-22,31H,13-14,23-26H2. The lowest BCUT2D eigenvalue weighted by Crippen LogP contribution is -2.22. The van der Waals surface area contributed by atoms with Crippen LogP contribution in [0.25, 0.3) is 0 Å². The van der Waals surface area contributed by atoms with Crippen LogP contribution in [0.15, 0.2) is 121 Å². The molecule has 0 aliphatic rings. The third kappa shape index (κ3) is 7.35. The van der Waals surface area contributed by atoms with Gasteiger partial charge in [0.25, 0.3) is 0 Å². The second-order valence-corrected chi connectivity index (χ2v) is 12.8. The topological polar surface area (TPSA) is 12.0 Å². The molecule has 0 saturated heterocycles. The normalized spacial score (nSPS) is 11.2. The first-order valence-electron chi connectivity index (χ1n) is 11.9. The Balaban J connectivity index is 1.25. The van der Waals surface area contributed by atoms with Crippen molar-refractivity contribution in [2.75, 3.05) is 25.4 Å². The summed E-state index contributed by atoms with van der Waals surface area (Å²) in [7, 11) is -0.566. The Hall–Kier alpha value is -2.30. The number of hydrogen-bond donors (Lipinski definition) is 1. The third-order valence-corrected chi connectivity index (χ3v) is 11.0. The van der Waals surface area contributed by atoms with Gasteiger partial charge in [0.2, 0.25) is 0 Å². The van der Waals surface area contributed by atoms with Crippen molar-refractivity contribution in [1.29, 1.82) is 0 Å². The number of benzene rings is 4. The highest BCUT2D eigenvalue weighted by Gasteiger charge is 2.14. The van der Waals surface area contributed by atoms with E-state index < -0.39 is 0 Å². The predicted molar refractivity (Wildman–Crippen MR) is 150 cm³/mol. The van der Waals surface area contributed by atoms with Crippen molar-refractivity contribution in [3.8, 4) is 0 Å². The van der Waals surface area contributed by atoms with Crippen molar-refractivity contribution in [3.63, 3.8) is 0 Å². The van der Waals surface area contributed by atoms with Gasteiger partial charge in [-0.15, -0.1) is 0 Å². The molecule has 0 aliphatic heterocycles. The third-order valence-electron chi connectivity index (χ3n) is 5.74. The molecule has 0 unspecified atom stereocenters. The molecule has 0 spiro atoms. The second-order valence-electron chi connectivity index (χ2n) is 8.10. The van der Waals surface area contributed by atoms with E-state index in [0.717, 1.165) is 13.1 Å². The molecule has 1 nitrogen and oxygen atoms in total. The lowest BCUT2D eigenvalue weighted by molar-refractivity contribution is 0.666. The maximum atomic E-state index is 3.72. The first-order valence-corrected chi connectivity index (χ1v) is 14.9. The van der Waals surface area contributed by atoms with E-state index in [1.54, 1.807) is 0 Å². The summed E-state index contributed by atoms with van der Waals surface area (Å²) >= 11 is 0. The summed E-state index contributed by atoms with van der Waals surface area (Å²) in [6.07, 6.45) is 4.89. The van der Waals surface area contributed by atoms with Crippen LogP contribution in [0.4, 0.5) is 0 Å². The molecule has 0 heterocycles. The second kappa shape index (κ2) is 13.4. The van der Waals surface area contributed by atoms with Crippen molar-refractivity contribution in [2.45, 2.75) is 12.8 Å². The molecule has 4 rings (SSSR count). The van der Waals surface area contributed by atoms with E-state index >= 15 is 0 Å². The molecule has 0 saturated carbocycles.